The number of aryl methyl sites for hydroxylation is 2. The molecule has 0 saturated carbocycles. The van der Waals surface area contributed by atoms with Gasteiger partial charge >= 0.3 is 12.1 Å². The van der Waals surface area contributed by atoms with Gasteiger partial charge in [0.05, 0.1) is 18.1 Å². The molecule has 35 heavy (non-hydrogen) atoms. The molecule has 0 spiro atoms. The Hall–Kier alpha value is -3.87. The third-order valence-corrected chi connectivity index (χ3v) is 6.44. The second-order valence-corrected chi connectivity index (χ2v) is 9.93. The molecule has 0 amide bonds. The highest BCUT2D eigenvalue weighted by Gasteiger charge is 2.36. The molecule has 1 atom stereocenters. The van der Waals surface area contributed by atoms with Crippen molar-refractivity contribution in [3.63, 3.8) is 0 Å². The van der Waals surface area contributed by atoms with Crippen molar-refractivity contribution in [1.82, 2.24) is 9.13 Å². The van der Waals surface area contributed by atoms with E-state index in [0.717, 1.165) is 30.3 Å². The summed E-state index contributed by atoms with van der Waals surface area (Å²) < 4.78 is 14.1. The predicted octanol–water partition coefficient (Wildman–Crippen LogP) is 5.46. The summed E-state index contributed by atoms with van der Waals surface area (Å²) in [6, 6.07) is 13.1. The molecule has 1 unspecified atom stereocenters. The van der Waals surface area contributed by atoms with Gasteiger partial charge < -0.3 is 14.0 Å². The maximum absolute atomic E-state index is 14.0. The molecule has 0 fully saturated rings. The van der Waals surface area contributed by atoms with Crippen molar-refractivity contribution in [2.75, 3.05) is 7.11 Å². The molecule has 2 aromatic carbocycles. The number of esters is 1. The number of para-hydroxylation sites is 2. The molecule has 2 aromatic heterocycles. The average Bonchev–Trinajstić information content (AvgIpc) is 3.39. The zero-order valence-electron chi connectivity index (χ0n) is 20.3. The lowest BCUT2D eigenvalue weighted by Crippen LogP contribution is -2.27. The summed E-state index contributed by atoms with van der Waals surface area (Å²) in [5, 5.41) is 1.45. The fourth-order valence-electron chi connectivity index (χ4n) is 5.00. The molecule has 1 aliphatic rings. The first-order chi connectivity index (χ1) is 16.7. The molecule has 0 saturated heterocycles. The van der Waals surface area contributed by atoms with Crippen LogP contribution in [0.5, 0.6) is 0 Å². The van der Waals surface area contributed by atoms with E-state index in [1.807, 2.05) is 24.4 Å². The zero-order valence-corrected chi connectivity index (χ0v) is 20.3. The summed E-state index contributed by atoms with van der Waals surface area (Å²) in [6.07, 6.45) is 4.75. The van der Waals surface area contributed by atoms with Crippen LogP contribution in [0.25, 0.3) is 21.8 Å². The lowest BCUT2D eigenvalue weighted by molar-refractivity contribution is -0.141. The number of ether oxygens (including phenoxy) is 2. The Bertz CT molecular complexity index is 1480. The molecule has 4 aromatic rings. The molecular formula is C28H28N2O5. The van der Waals surface area contributed by atoms with Crippen LogP contribution in [0.1, 0.15) is 54.6 Å². The van der Waals surface area contributed by atoms with Gasteiger partial charge in [-0.3, -0.25) is 14.2 Å². The van der Waals surface area contributed by atoms with Crippen molar-refractivity contribution in [2.24, 2.45) is 0 Å². The van der Waals surface area contributed by atoms with Gasteiger partial charge in [-0.15, -0.1) is 0 Å². The van der Waals surface area contributed by atoms with Crippen LogP contribution in [0.3, 0.4) is 0 Å². The highest BCUT2D eigenvalue weighted by atomic mass is 16.6. The molecule has 1 aliphatic heterocycles. The zero-order chi connectivity index (χ0) is 24.9. The van der Waals surface area contributed by atoms with Crippen molar-refractivity contribution in [3.8, 4) is 0 Å². The number of carbonyl (C=O) groups excluding carboxylic acids is 3. The SMILES string of the molecule is COC(=O)C(C(=O)c1cn2c3c(cccc13)CCC2)c1cn(C(=O)OC(C)(C)C)c2ccccc12. The number of Topliss-reactive ketones (excluding diaryl/α,β-unsaturated/α-hetero) is 1. The number of nitrogens with zero attached hydrogens (tertiary/aromatic N) is 2. The first-order valence-corrected chi connectivity index (χ1v) is 11.8. The van der Waals surface area contributed by atoms with E-state index < -0.39 is 23.6 Å². The second kappa shape index (κ2) is 8.41. The molecule has 0 bridgehead atoms. The minimum absolute atomic E-state index is 0.355. The summed E-state index contributed by atoms with van der Waals surface area (Å²) in [6.45, 7) is 6.18. The van der Waals surface area contributed by atoms with Crippen LogP contribution in [0.4, 0.5) is 4.79 Å². The normalized spacial score (nSPS) is 14.2. The van der Waals surface area contributed by atoms with E-state index in [0.29, 0.717) is 22.0 Å². The molecule has 0 aliphatic carbocycles. The van der Waals surface area contributed by atoms with E-state index in [9.17, 15) is 14.4 Å². The first kappa shape index (κ1) is 22.9. The Morgan fingerprint density at radius 1 is 0.971 bits per heavy atom. The van der Waals surface area contributed by atoms with Gasteiger partial charge in [0.25, 0.3) is 0 Å². The summed E-state index contributed by atoms with van der Waals surface area (Å²) >= 11 is 0. The lowest BCUT2D eigenvalue weighted by atomic mass is 9.90. The smallest absolute Gasteiger partial charge is 0.419 e. The maximum atomic E-state index is 14.0. The standard InChI is InChI=1S/C28H28N2O5/c1-28(2,3)35-27(33)30-16-20(18-11-5-6-13-22(18)30)23(26(32)34-4)25(31)21-15-29-14-8-10-17-9-7-12-19(21)24(17)29/h5-7,9,11-13,15-16,23H,8,10,14H2,1-4H3. The molecule has 5 rings (SSSR count). The number of benzene rings is 2. The third kappa shape index (κ3) is 3.91. The maximum Gasteiger partial charge on any atom is 0.419 e. The van der Waals surface area contributed by atoms with E-state index >= 15 is 0 Å². The van der Waals surface area contributed by atoms with E-state index in [2.05, 4.69) is 10.6 Å². The largest absolute Gasteiger partial charge is 0.468 e. The summed E-state index contributed by atoms with van der Waals surface area (Å²) in [5.41, 5.74) is 2.99. The minimum atomic E-state index is -1.22. The number of carbonyl (C=O) groups is 3. The number of hydrogen-bond donors (Lipinski definition) is 0. The number of rotatable bonds is 4. The monoisotopic (exact) mass is 472 g/mol. The van der Waals surface area contributed by atoms with Gasteiger partial charge in [0.1, 0.15) is 11.5 Å². The van der Waals surface area contributed by atoms with Crippen LogP contribution in [-0.2, 0) is 27.2 Å². The summed E-state index contributed by atoms with van der Waals surface area (Å²) in [7, 11) is 1.27. The van der Waals surface area contributed by atoms with E-state index in [1.165, 1.54) is 23.4 Å². The van der Waals surface area contributed by atoms with Gasteiger partial charge in [-0.2, -0.15) is 0 Å². The fraction of sp³-hybridized carbons (Fsp3) is 0.321. The highest BCUT2D eigenvalue weighted by Crippen LogP contribution is 2.36. The number of aromatic nitrogens is 2. The molecule has 3 heterocycles. The molecule has 180 valence electrons. The van der Waals surface area contributed by atoms with Crippen LogP contribution in [0.15, 0.2) is 54.9 Å². The van der Waals surface area contributed by atoms with E-state index in [4.69, 9.17) is 9.47 Å². The van der Waals surface area contributed by atoms with Crippen LogP contribution in [0.2, 0.25) is 0 Å². The second-order valence-electron chi connectivity index (χ2n) is 9.93. The van der Waals surface area contributed by atoms with Crippen LogP contribution in [-0.4, -0.2) is 39.7 Å². The molecule has 7 heteroatoms. The van der Waals surface area contributed by atoms with Crippen molar-refractivity contribution >= 4 is 39.7 Å². The molecular weight excluding hydrogens is 444 g/mol. The summed E-state index contributed by atoms with van der Waals surface area (Å²) in [5.74, 6) is -2.25. The minimum Gasteiger partial charge on any atom is -0.468 e. The fourth-order valence-corrected chi connectivity index (χ4v) is 5.00. The van der Waals surface area contributed by atoms with Gasteiger partial charge in [0, 0.05) is 40.8 Å². The van der Waals surface area contributed by atoms with Crippen LogP contribution >= 0.6 is 0 Å². The van der Waals surface area contributed by atoms with Crippen LogP contribution < -0.4 is 0 Å². The Morgan fingerprint density at radius 2 is 1.71 bits per heavy atom. The predicted molar refractivity (Wildman–Crippen MR) is 133 cm³/mol. The molecule has 0 radical (unpaired) electrons. The van der Waals surface area contributed by atoms with Crippen molar-refractivity contribution in [2.45, 2.75) is 51.7 Å². The van der Waals surface area contributed by atoms with E-state index in [1.54, 1.807) is 39.0 Å². The molecule has 0 N–H and O–H groups in total. The third-order valence-electron chi connectivity index (χ3n) is 6.44. The first-order valence-electron chi connectivity index (χ1n) is 11.8. The van der Waals surface area contributed by atoms with Gasteiger partial charge in [-0.25, -0.2) is 4.79 Å². The lowest BCUT2D eigenvalue weighted by Gasteiger charge is -2.19. The Labute approximate surface area is 203 Å². The number of ketones is 1. The Kier molecular flexibility index (Phi) is 5.50. The quantitative estimate of drug-likeness (QED) is 0.224. The average molecular weight is 473 g/mol. The van der Waals surface area contributed by atoms with Crippen molar-refractivity contribution in [1.29, 1.82) is 0 Å². The number of methoxy groups -OCH3 is 1. The number of hydrogen-bond acceptors (Lipinski definition) is 5. The van der Waals surface area contributed by atoms with Gasteiger partial charge in [0.15, 0.2) is 5.78 Å². The van der Waals surface area contributed by atoms with Crippen LogP contribution in [0, 0.1) is 0 Å². The Morgan fingerprint density at radius 3 is 2.46 bits per heavy atom. The topological polar surface area (TPSA) is 79.5 Å². The van der Waals surface area contributed by atoms with Gasteiger partial charge in [-0.1, -0.05) is 36.4 Å². The van der Waals surface area contributed by atoms with Gasteiger partial charge in [0.2, 0.25) is 0 Å². The molecule has 7 nitrogen and oxygen atoms in total. The van der Waals surface area contributed by atoms with Crippen molar-refractivity contribution < 1.29 is 23.9 Å². The highest BCUT2D eigenvalue weighted by molar-refractivity contribution is 6.20. The van der Waals surface area contributed by atoms with E-state index in [-0.39, 0.29) is 5.78 Å². The summed E-state index contributed by atoms with van der Waals surface area (Å²) in [4.78, 5) is 40.1. The van der Waals surface area contributed by atoms with Gasteiger partial charge in [-0.05, 0) is 45.2 Å². The number of fused-ring (bicyclic) bond motifs is 1. The Balaban J connectivity index is 1.67. The van der Waals surface area contributed by atoms with Crippen molar-refractivity contribution in [3.05, 3.63) is 71.5 Å².